The maximum atomic E-state index is 5.60. The fraction of sp³-hybridized carbons (Fsp3) is 0.667. The summed E-state index contributed by atoms with van der Waals surface area (Å²) >= 11 is 14.8. The lowest BCUT2D eigenvalue weighted by Crippen LogP contribution is -2.47. The summed E-state index contributed by atoms with van der Waals surface area (Å²) in [6.07, 6.45) is 3.95. The minimum atomic E-state index is 0.976. The molecular formula is C18H30N4S4. The Morgan fingerprint density at radius 1 is 0.692 bits per heavy atom. The molecule has 26 heavy (non-hydrogen) atoms. The fourth-order valence-corrected chi connectivity index (χ4v) is 5.64. The zero-order valence-corrected chi connectivity index (χ0v) is 18.7. The Morgan fingerprint density at radius 2 is 1.04 bits per heavy atom. The molecule has 0 amide bonds. The van der Waals surface area contributed by atoms with Crippen LogP contribution < -0.4 is 0 Å². The van der Waals surface area contributed by atoms with Gasteiger partial charge >= 0.3 is 0 Å². The minimum Gasteiger partial charge on any atom is -0.355 e. The van der Waals surface area contributed by atoms with Gasteiger partial charge in [0.05, 0.1) is 0 Å². The van der Waals surface area contributed by atoms with Crippen molar-refractivity contribution in [3.05, 3.63) is 25.3 Å². The second kappa shape index (κ2) is 12.4. The third-order valence-electron chi connectivity index (χ3n) is 4.57. The van der Waals surface area contributed by atoms with Gasteiger partial charge in [0.2, 0.25) is 0 Å². The molecule has 0 bridgehead atoms. The quantitative estimate of drug-likeness (QED) is 0.343. The summed E-state index contributed by atoms with van der Waals surface area (Å²) in [5.41, 5.74) is 0. The van der Waals surface area contributed by atoms with Crippen LogP contribution in [0.4, 0.5) is 0 Å². The van der Waals surface area contributed by atoms with Crippen LogP contribution in [0.1, 0.15) is 0 Å². The second-order valence-corrected chi connectivity index (χ2v) is 9.84. The number of thiocarbonyl (C=S) groups is 2. The predicted octanol–water partition coefficient (Wildman–Crippen LogP) is 2.63. The van der Waals surface area contributed by atoms with Crippen LogP contribution in [0.2, 0.25) is 0 Å². The van der Waals surface area contributed by atoms with Crippen molar-refractivity contribution < 1.29 is 0 Å². The molecule has 0 aromatic rings. The number of hydrogen-bond donors (Lipinski definition) is 0. The lowest BCUT2D eigenvalue weighted by molar-refractivity contribution is 0.202. The third kappa shape index (κ3) is 7.48. The summed E-state index contributed by atoms with van der Waals surface area (Å²) < 4.78 is 2.07. The number of thioether (sulfide) groups is 2. The maximum Gasteiger partial charge on any atom is 0.136 e. The van der Waals surface area contributed by atoms with Crippen LogP contribution in [0.25, 0.3) is 0 Å². The minimum absolute atomic E-state index is 0.976. The predicted molar refractivity (Wildman–Crippen MR) is 127 cm³/mol. The van der Waals surface area contributed by atoms with Crippen molar-refractivity contribution in [2.45, 2.75) is 0 Å². The van der Waals surface area contributed by atoms with Gasteiger partial charge < -0.3 is 9.80 Å². The van der Waals surface area contributed by atoms with Gasteiger partial charge in [0.15, 0.2) is 0 Å². The molecule has 0 radical (unpaired) electrons. The Kier molecular flexibility index (Phi) is 10.5. The Hall–Kier alpha value is -0.120. The summed E-state index contributed by atoms with van der Waals surface area (Å²) in [7, 11) is 0. The zero-order valence-electron chi connectivity index (χ0n) is 15.5. The van der Waals surface area contributed by atoms with E-state index in [0.717, 1.165) is 85.6 Å². The zero-order chi connectivity index (χ0) is 18.8. The highest BCUT2D eigenvalue weighted by molar-refractivity contribution is 8.25. The molecular weight excluding hydrogens is 400 g/mol. The molecule has 0 aromatic carbocycles. The third-order valence-corrected chi connectivity index (χ3v) is 7.88. The van der Waals surface area contributed by atoms with E-state index in [4.69, 9.17) is 24.4 Å². The number of piperazine rings is 2. The molecule has 0 saturated carbocycles. The molecule has 2 saturated heterocycles. The van der Waals surface area contributed by atoms with Crippen LogP contribution in [-0.4, -0.2) is 105 Å². The van der Waals surface area contributed by atoms with Gasteiger partial charge in [0.25, 0.3) is 0 Å². The van der Waals surface area contributed by atoms with Crippen molar-refractivity contribution in [2.24, 2.45) is 0 Å². The van der Waals surface area contributed by atoms with E-state index in [0.29, 0.717) is 0 Å². The van der Waals surface area contributed by atoms with Gasteiger partial charge in [0, 0.05) is 77.0 Å². The molecule has 0 spiro atoms. The van der Waals surface area contributed by atoms with E-state index in [-0.39, 0.29) is 0 Å². The van der Waals surface area contributed by atoms with E-state index in [2.05, 4.69) is 32.8 Å². The van der Waals surface area contributed by atoms with E-state index < -0.39 is 0 Å². The summed E-state index contributed by atoms with van der Waals surface area (Å²) in [6.45, 7) is 18.0. The topological polar surface area (TPSA) is 13.0 Å². The Bertz CT molecular complexity index is 440. The molecule has 2 aliphatic heterocycles. The summed E-state index contributed by atoms with van der Waals surface area (Å²) in [5, 5.41) is 0. The van der Waals surface area contributed by atoms with Gasteiger partial charge in [-0.3, -0.25) is 9.80 Å². The second-order valence-electron chi connectivity index (χ2n) is 6.38. The molecule has 146 valence electrons. The highest BCUT2D eigenvalue weighted by Gasteiger charge is 2.19. The van der Waals surface area contributed by atoms with Gasteiger partial charge in [-0.25, -0.2) is 0 Å². The molecule has 8 heteroatoms. The molecule has 0 unspecified atom stereocenters. The highest BCUT2D eigenvalue weighted by Crippen LogP contribution is 2.17. The highest BCUT2D eigenvalue weighted by atomic mass is 32.2. The van der Waals surface area contributed by atoms with Crippen LogP contribution in [0, 0.1) is 0 Å². The van der Waals surface area contributed by atoms with Crippen LogP contribution in [0.3, 0.4) is 0 Å². The number of hydrogen-bond acceptors (Lipinski definition) is 6. The normalized spacial score (nSPS) is 19.4. The Balaban J connectivity index is 1.56. The van der Waals surface area contributed by atoms with E-state index in [9.17, 15) is 0 Å². The first-order chi connectivity index (χ1) is 12.6. The van der Waals surface area contributed by atoms with Gasteiger partial charge in [-0.05, 0) is 0 Å². The molecule has 0 atom stereocenters. The largest absolute Gasteiger partial charge is 0.355 e. The van der Waals surface area contributed by atoms with Gasteiger partial charge in [-0.2, -0.15) is 0 Å². The average Bonchev–Trinajstić information content (AvgIpc) is 2.66. The van der Waals surface area contributed by atoms with Crippen molar-refractivity contribution in [2.75, 3.05) is 77.0 Å². The monoisotopic (exact) mass is 430 g/mol. The average molecular weight is 431 g/mol. The van der Waals surface area contributed by atoms with Crippen molar-refractivity contribution in [1.29, 1.82) is 0 Å². The summed E-state index contributed by atoms with van der Waals surface area (Å²) in [4.78, 5) is 9.50. The molecule has 2 fully saturated rings. The van der Waals surface area contributed by atoms with Gasteiger partial charge in [0.1, 0.15) is 8.64 Å². The van der Waals surface area contributed by atoms with E-state index in [1.54, 1.807) is 23.5 Å². The summed E-state index contributed by atoms with van der Waals surface area (Å²) in [6, 6.07) is 0. The molecule has 2 aliphatic rings. The molecule has 0 N–H and O–H groups in total. The van der Waals surface area contributed by atoms with Crippen molar-refractivity contribution in [1.82, 2.24) is 19.6 Å². The smallest absolute Gasteiger partial charge is 0.136 e. The Morgan fingerprint density at radius 3 is 1.35 bits per heavy atom. The standard InChI is InChI=1S/C18H30N4S4/c1-3-5-19-7-11-21(12-8-19)17(23)25-15-16-26-18(24)22-13-9-20(6-4-2)10-14-22/h3-4H,1-2,5-16H2. The summed E-state index contributed by atoms with van der Waals surface area (Å²) in [5.74, 6) is 2.04. The van der Waals surface area contributed by atoms with Crippen molar-refractivity contribution in [3.8, 4) is 0 Å². The van der Waals surface area contributed by atoms with Crippen molar-refractivity contribution >= 4 is 56.6 Å². The van der Waals surface area contributed by atoms with E-state index in [1.807, 2.05) is 12.2 Å². The lowest BCUT2D eigenvalue weighted by Gasteiger charge is -2.35. The molecule has 2 heterocycles. The van der Waals surface area contributed by atoms with E-state index in [1.165, 1.54) is 0 Å². The first-order valence-electron chi connectivity index (χ1n) is 9.14. The Labute approximate surface area is 178 Å². The SMILES string of the molecule is C=CCN1CCN(C(=S)SCCSC(=S)N2CCN(CC=C)CC2)CC1. The molecule has 0 aromatic heterocycles. The van der Waals surface area contributed by atoms with Crippen LogP contribution in [0.5, 0.6) is 0 Å². The molecule has 2 rings (SSSR count). The fourth-order valence-electron chi connectivity index (χ4n) is 3.03. The number of rotatable bonds is 7. The number of nitrogens with zero attached hydrogens (tertiary/aromatic N) is 4. The maximum absolute atomic E-state index is 5.60. The first kappa shape index (κ1) is 22.2. The van der Waals surface area contributed by atoms with Gasteiger partial charge in [-0.1, -0.05) is 60.1 Å². The lowest BCUT2D eigenvalue weighted by atomic mass is 10.3. The molecule has 0 aliphatic carbocycles. The van der Waals surface area contributed by atoms with E-state index >= 15 is 0 Å². The van der Waals surface area contributed by atoms with Crippen LogP contribution in [0.15, 0.2) is 25.3 Å². The molecule has 4 nitrogen and oxygen atoms in total. The van der Waals surface area contributed by atoms with Gasteiger partial charge in [-0.15, -0.1) is 13.2 Å². The first-order valence-corrected chi connectivity index (χ1v) is 11.9. The van der Waals surface area contributed by atoms with Crippen LogP contribution >= 0.6 is 48.0 Å². The van der Waals surface area contributed by atoms with Crippen LogP contribution in [-0.2, 0) is 0 Å². The van der Waals surface area contributed by atoms with Crippen molar-refractivity contribution in [3.63, 3.8) is 0 Å².